The minimum Gasteiger partial charge on any atom is -0.486 e. The van der Waals surface area contributed by atoms with Crippen LogP contribution in [0.3, 0.4) is 0 Å². The van der Waals surface area contributed by atoms with Gasteiger partial charge in [-0.2, -0.15) is 0 Å². The fraction of sp³-hybridized carbons (Fsp3) is 0.455. The summed E-state index contributed by atoms with van der Waals surface area (Å²) in [6.45, 7) is 2.47. The number of benzene rings is 1. The van der Waals surface area contributed by atoms with Crippen LogP contribution in [0.5, 0.6) is 5.75 Å². The molecule has 0 bridgehead atoms. The summed E-state index contributed by atoms with van der Waals surface area (Å²) < 4.78 is 29.2. The number of rotatable bonds is 6. The lowest BCUT2D eigenvalue weighted by Crippen LogP contribution is -2.14. The molecular formula is C11H13Cl2F2NO. The molecule has 0 fully saturated rings. The van der Waals surface area contributed by atoms with Crippen molar-refractivity contribution < 1.29 is 13.5 Å². The Morgan fingerprint density at radius 3 is 2.65 bits per heavy atom. The van der Waals surface area contributed by atoms with E-state index in [2.05, 4.69) is 5.32 Å². The molecule has 0 aromatic heterocycles. The zero-order chi connectivity index (χ0) is 12.8. The molecule has 0 radical (unpaired) electrons. The molecular weight excluding hydrogens is 271 g/mol. The molecule has 0 saturated carbocycles. The summed E-state index contributed by atoms with van der Waals surface area (Å²) >= 11 is 11.8. The molecule has 0 aliphatic rings. The summed E-state index contributed by atoms with van der Waals surface area (Å²) in [6, 6.07) is 3.12. The summed E-state index contributed by atoms with van der Waals surface area (Å²) in [5.41, 5.74) is 0.671. The van der Waals surface area contributed by atoms with Crippen molar-refractivity contribution in [2.24, 2.45) is 0 Å². The van der Waals surface area contributed by atoms with Crippen LogP contribution in [-0.4, -0.2) is 19.6 Å². The molecule has 1 aromatic rings. The molecule has 2 nitrogen and oxygen atoms in total. The lowest BCUT2D eigenvalue weighted by Gasteiger charge is -2.13. The standard InChI is InChI=1S/C11H13Cl2F2NO/c1-2-16-5-7-3-8(12)4-9(13)11(7)17-6-10(14)15/h3-4,10,16H,2,5-6H2,1H3. The third kappa shape index (κ3) is 4.66. The summed E-state index contributed by atoms with van der Waals surface area (Å²) in [6.07, 6.45) is -2.53. The maximum Gasteiger partial charge on any atom is 0.272 e. The number of nitrogens with one attached hydrogen (secondary N) is 1. The summed E-state index contributed by atoms with van der Waals surface area (Å²) in [5.74, 6) is 0.261. The minimum absolute atomic E-state index is 0.242. The molecule has 1 aromatic carbocycles. The van der Waals surface area contributed by atoms with Crippen LogP contribution in [-0.2, 0) is 6.54 Å². The highest BCUT2D eigenvalue weighted by molar-refractivity contribution is 6.35. The first kappa shape index (κ1) is 14.5. The minimum atomic E-state index is -2.53. The van der Waals surface area contributed by atoms with Crippen LogP contribution >= 0.6 is 23.2 Å². The van der Waals surface area contributed by atoms with E-state index in [-0.39, 0.29) is 10.8 Å². The van der Waals surface area contributed by atoms with Gasteiger partial charge in [-0.25, -0.2) is 8.78 Å². The van der Waals surface area contributed by atoms with E-state index in [1.54, 1.807) is 6.07 Å². The SMILES string of the molecule is CCNCc1cc(Cl)cc(Cl)c1OCC(F)F. The molecule has 0 atom stereocenters. The van der Waals surface area contributed by atoms with E-state index in [1.165, 1.54) is 6.07 Å². The maximum absolute atomic E-state index is 12.1. The van der Waals surface area contributed by atoms with E-state index in [9.17, 15) is 8.78 Å². The molecule has 1 N–H and O–H groups in total. The molecule has 0 spiro atoms. The largest absolute Gasteiger partial charge is 0.486 e. The van der Waals surface area contributed by atoms with Crippen LogP contribution < -0.4 is 10.1 Å². The Morgan fingerprint density at radius 2 is 2.06 bits per heavy atom. The number of alkyl halides is 2. The van der Waals surface area contributed by atoms with Gasteiger partial charge in [-0.3, -0.25) is 0 Å². The highest BCUT2D eigenvalue weighted by atomic mass is 35.5. The van der Waals surface area contributed by atoms with Gasteiger partial charge in [-0.15, -0.1) is 0 Å². The molecule has 96 valence electrons. The van der Waals surface area contributed by atoms with Gasteiger partial charge >= 0.3 is 0 Å². The summed E-state index contributed by atoms with van der Waals surface area (Å²) in [4.78, 5) is 0. The Kier molecular flexibility index (Phi) is 5.95. The lowest BCUT2D eigenvalue weighted by molar-refractivity contribution is 0.0814. The first-order valence-electron chi connectivity index (χ1n) is 5.14. The fourth-order valence-corrected chi connectivity index (χ4v) is 1.90. The third-order valence-electron chi connectivity index (χ3n) is 2.00. The predicted octanol–water partition coefficient (Wildman–Crippen LogP) is 3.75. The van der Waals surface area contributed by atoms with Crippen molar-refractivity contribution in [3.8, 4) is 5.75 Å². The highest BCUT2D eigenvalue weighted by Gasteiger charge is 2.13. The van der Waals surface area contributed by atoms with E-state index < -0.39 is 13.0 Å². The molecule has 0 saturated heterocycles. The van der Waals surface area contributed by atoms with Gasteiger partial charge in [0.05, 0.1) is 5.02 Å². The maximum atomic E-state index is 12.1. The second-order valence-electron chi connectivity index (χ2n) is 3.36. The quantitative estimate of drug-likeness (QED) is 0.859. The van der Waals surface area contributed by atoms with Crippen molar-refractivity contribution in [1.29, 1.82) is 0 Å². The van der Waals surface area contributed by atoms with Gasteiger partial charge in [0.15, 0.2) is 0 Å². The van der Waals surface area contributed by atoms with Crippen molar-refractivity contribution in [2.75, 3.05) is 13.2 Å². The number of halogens is 4. The Hall–Kier alpha value is -0.580. The van der Waals surface area contributed by atoms with E-state index in [4.69, 9.17) is 27.9 Å². The van der Waals surface area contributed by atoms with Crippen molar-refractivity contribution in [3.05, 3.63) is 27.7 Å². The molecule has 1 rings (SSSR count). The highest BCUT2D eigenvalue weighted by Crippen LogP contribution is 2.32. The zero-order valence-electron chi connectivity index (χ0n) is 9.27. The second-order valence-corrected chi connectivity index (χ2v) is 4.20. The third-order valence-corrected chi connectivity index (χ3v) is 2.50. The fourth-order valence-electron chi connectivity index (χ4n) is 1.31. The van der Waals surface area contributed by atoms with E-state index >= 15 is 0 Å². The number of ether oxygens (including phenoxy) is 1. The van der Waals surface area contributed by atoms with Crippen molar-refractivity contribution in [3.63, 3.8) is 0 Å². The molecule has 6 heteroatoms. The monoisotopic (exact) mass is 283 g/mol. The Bertz CT molecular complexity index is 375. The van der Waals surface area contributed by atoms with Crippen LogP contribution in [0.2, 0.25) is 10.0 Å². The van der Waals surface area contributed by atoms with E-state index in [0.29, 0.717) is 17.1 Å². The molecule has 0 unspecified atom stereocenters. The van der Waals surface area contributed by atoms with Crippen LogP contribution in [0, 0.1) is 0 Å². The van der Waals surface area contributed by atoms with Gasteiger partial charge in [0.1, 0.15) is 12.4 Å². The zero-order valence-corrected chi connectivity index (χ0v) is 10.8. The van der Waals surface area contributed by atoms with Crippen molar-refractivity contribution >= 4 is 23.2 Å². The molecule has 0 amide bonds. The smallest absolute Gasteiger partial charge is 0.272 e. The Labute approximate surface area is 109 Å². The van der Waals surface area contributed by atoms with Crippen LogP contribution in [0.25, 0.3) is 0 Å². The van der Waals surface area contributed by atoms with Gasteiger partial charge in [0.2, 0.25) is 0 Å². The average Bonchev–Trinajstić information content (AvgIpc) is 2.24. The topological polar surface area (TPSA) is 21.3 Å². The molecule has 17 heavy (non-hydrogen) atoms. The van der Waals surface area contributed by atoms with Crippen molar-refractivity contribution in [2.45, 2.75) is 19.9 Å². The summed E-state index contributed by atoms with van der Waals surface area (Å²) in [5, 5.41) is 3.76. The van der Waals surface area contributed by atoms with E-state index in [1.807, 2.05) is 6.92 Å². The Balaban J connectivity index is 2.90. The summed E-state index contributed by atoms with van der Waals surface area (Å²) in [7, 11) is 0. The van der Waals surface area contributed by atoms with E-state index in [0.717, 1.165) is 6.54 Å². The van der Waals surface area contributed by atoms with Gasteiger partial charge in [0.25, 0.3) is 6.43 Å². The first-order chi connectivity index (χ1) is 8.04. The number of hydrogen-bond acceptors (Lipinski definition) is 2. The van der Waals surface area contributed by atoms with Gasteiger partial charge < -0.3 is 10.1 Å². The first-order valence-corrected chi connectivity index (χ1v) is 5.89. The second kappa shape index (κ2) is 6.99. The normalized spacial score (nSPS) is 10.9. The molecule has 0 aliphatic heterocycles. The van der Waals surface area contributed by atoms with Gasteiger partial charge in [-0.05, 0) is 18.7 Å². The van der Waals surface area contributed by atoms with Crippen LogP contribution in [0.15, 0.2) is 12.1 Å². The molecule has 0 heterocycles. The van der Waals surface area contributed by atoms with Crippen LogP contribution in [0.1, 0.15) is 12.5 Å². The lowest BCUT2D eigenvalue weighted by atomic mass is 10.2. The predicted molar refractivity (Wildman–Crippen MR) is 65.3 cm³/mol. The average molecular weight is 284 g/mol. The number of hydrogen-bond donors (Lipinski definition) is 1. The van der Waals surface area contributed by atoms with Crippen molar-refractivity contribution in [1.82, 2.24) is 5.32 Å². The van der Waals surface area contributed by atoms with Gasteiger partial charge in [-0.1, -0.05) is 30.1 Å². The van der Waals surface area contributed by atoms with Gasteiger partial charge in [0, 0.05) is 17.1 Å². The Morgan fingerprint density at radius 1 is 1.35 bits per heavy atom. The molecule has 0 aliphatic carbocycles. The van der Waals surface area contributed by atoms with Crippen LogP contribution in [0.4, 0.5) is 8.78 Å².